The molecule has 0 aliphatic carbocycles. The summed E-state index contributed by atoms with van der Waals surface area (Å²) in [4.78, 5) is 24.6. The van der Waals surface area contributed by atoms with E-state index in [0.717, 1.165) is 5.56 Å². The molecule has 0 atom stereocenters. The number of ether oxygens (including phenoxy) is 1. The Kier molecular flexibility index (Phi) is 5.96. The molecule has 0 radical (unpaired) electrons. The van der Waals surface area contributed by atoms with Crippen LogP contribution in [0.4, 0.5) is 5.69 Å². The number of nitrogens with one attached hydrogen (secondary N) is 2. The largest absolute Gasteiger partial charge is 0.381 e. The standard InChI is InChI=1S/C18H27N3O3/c1-12(2)11-20-16(22)14-4-5-15(13(3)10-14)21-17(23)18(19)6-8-24-9-7-18/h4-5,10,12H,6-9,11,19H2,1-3H3,(H,20,22)(H,21,23). The molecule has 1 saturated heterocycles. The number of aryl methyl sites for hydroxylation is 1. The van der Waals surface area contributed by atoms with Crippen LogP contribution in [-0.2, 0) is 9.53 Å². The maximum absolute atomic E-state index is 12.5. The first-order chi connectivity index (χ1) is 11.3. The minimum Gasteiger partial charge on any atom is -0.381 e. The van der Waals surface area contributed by atoms with Crippen LogP contribution in [0.25, 0.3) is 0 Å². The highest BCUT2D eigenvalue weighted by molar-refractivity contribution is 6.00. The number of nitrogens with two attached hydrogens (primary N) is 1. The van der Waals surface area contributed by atoms with Crippen molar-refractivity contribution in [1.82, 2.24) is 5.32 Å². The highest BCUT2D eigenvalue weighted by Crippen LogP contribution is 2.22. The van der Waals surface area contributed by atoms with Crippen molar-refractivity contribution in [2.45, 2.75) is 39.2 Å². The van der Waals surface area contributed by atoms with E-state index >= 15 is 0 Å². The number of hydrogen-bond acceptors (Lipinski definition) is 4. The summed E-state index contributed by atoms with van der Waals surface area (Å²) in [5.41, 5.74) is 7.39. The van der Waals surface area contributed by atoms with E-state index in [2.05, 4.69) is 10.6 Å². The Hall–Kier alpha value is -1.92. The quantitative estimate of drug-likeness (QED) is 0.766. The Bertz CT molecular complexity index is 608. The van der Waals surface area contributed by atoms with Gasteiger partial charge in [0, 0.05) is 31.0 Å². The van der Waals surface area contributed by atoms with Gasteiger partial charge in [0.1, 0.15) is 5.54 Å². The van der Waals surface area contributed by atoms with Crippen molar-refractivity contribution in [1.29, 1.82) is 0 Å². The summed E-state index contributed by atoms with van der Waals surface area (Å²) in [6.45, 7) is 7.58. The van der Waals surface area contributed by atoms with Gasteiger partial charge >= 0.3 is 0 Å². The van der Waals surface area contributed by atoms with Crippen LogP contribution >= 0.6 is 0 Å². The molecule has 0 spiro atoms. The minimum absolute atomic E-state index is 0.107. The number of hydrogen-bond donors (Lipinski definition) is 3. The second-order valence-corrected chi connectivity index (χ2v) is 6.86. The van der Waals surface area contributed by atoms with Crippen molar-refractivity contribution in [3.63, 3.8) is 0 Å². The van der Waals surface area contributed by atoms with E-state index in [1.54, 1.807) is 18.2 Å². The molecule has 24 heavy (non-hydrogen) atoms. The van der Waals surface area contributed by atoms with E-state index in [9.17, 15) is 9.59 Å². The molecule has 1 fully saturated rings. The molecule has 6 heteroatoms. The first-order valence-corrected chi connectivity index (χ1v) is 8.39. The third-order valence-corrected chi connectivity index (χ3v) is 4.24. The van der Waals surface area contributed by atoms with Crippen molar-refractivity contribution in [3.8, 4) is 0 Å². The maximum atomic E-state index is 12.5. The SMILES string of the molecule is Cc1cc(C(=O)NCC(C)C)ccc1NC(=O)C1(N)CCOCC1. The number of amides is 2. The lowest BCUT2D eigenvalue weighted by molar-refractivity contribution is -0.124. The molecule has 2 amide bonds. The van der Waals surface area contributed by atoms with Crippen molar-refractivity contribution < 1.29 is 14.3 Å². The van der Waals surface area contributed by atoms with Gasteiger partial charge in [0.25, 0.3) is 5.91 Å². The lowest BCUT2D eigenvalue weighted by Crippen LogP contribution is -2.54. The highest BCUT2D eigenvalue weighted by Gasteiger charge is 2.36. The summed E-state index contributed by atoms with van der Waals surface area (Å²) in [5.74, 6) is 0.0872. The average Bonchev–Trinajstić information content (AvgIpc) is 2.55. The smallest absolute Gasteiger partial charge is 0.251 e. The number of anilines is 1. The zero-order valence-electron chi connectivity index (χ0n) is 14.6. The zero-order valence-corrected chi connectivity index (χ0v) is 14.6. The molecule has 0 aromatic heterocycles. The third kappa shape index (κ3) is 4.55. The van der Waals surface area contributed by atoms with Crippen molar-refractivity contribution in [2.75, 3.05) is 25.1 Å². The minimum atomic E-state index is -0.891. The van der Waals surface area contributed by atoms with Gasteiger partial charge in [-0.3, -0.25) is 9.59 Å². The molecule has 132 valence electrons. The van der Waals surface area contributed by atoms with Gasteiger partial charge in [-0.2, -0.15) is 0 Å². The van der Waals surface area contributed by atoms with Crippen LogP contribution in [0.2, 0.25) is 0 Å². The maximum Gasteiger partial charge on any atom is 0.251 e. The van der Waals surface area contributed by atoms with Gasteiger partial charge in [-0.05, 0) is 49.4 Å². The second-order valence-electron chi connectivity index (χ2n) is 6.86. The van der Waals surface area contributed by atoms with Crippen molar-refractivity contribution in [3.05, 3.63) is 29.3 Å². The van der Waals surface area contributed by atoms with Crippen LogP contribution in [0.3, 0.4) is 0 Å². The molecule has 1 heterocycles. The molecule has 1 aliphatic rings. The van der Waals surface area contributed by atoms with Gasteiger partial charge in [0.2, 0.25) is 5.91 Å². The van der Waals surface area contributed by atoms with Gasteiger partial charge in [0.15, 0.2) is 0 Å². The fourth-order valence-electron chi connectivity index (χ4n) is 2.55. The van der Waals surface area contributed by atoms with E-state index in [0.29, 0.717) is 49.8 Å². The predicted octanol–water partition coefficient (Wildman–Crippen LogP) is 1.83. The molecular weight excluding hydrogens is 306 g/mol. The molecule has 6 nitrogen and oxygen atoms in total. The number of rotatable bonds is 5. The molecule has 4 N–H and O–H groups in total. The predicted molar refractivity (Wildman–Crippen MR) is 94.0 cm³/mol. The van der Waals surface area contributed by atoms with Crippen molar-refractivity contribution >= 4 is 17.5 Å². The summed E-state index contributed by atoms with van der Waals surface area (Å²) in [5, 5.41) is 5.77. The Morgan fingerprint density at radius 2 is 1.96 bits per heavy atom. The average molecular weight is 333 g/mol. The van der Waals surface area contributed by atoms with E-state index < -0.39 is 5.54 Å². The van der Waals surface area contributed by atoms with Crippen LogP contribution in [0.15, 0.2) is 18.2 Å². The Labute approximate surface area is 143 Å². The first-order valence-electron chi connectivity index (χ1n) is 8.39. The van der Waals surface area contributed by atoms with E-state index in [1.807, 2.05) is 20.8 Å². The molecule has 0 bridgehead atoms. The summed E-state index contributed by atoms with van der Waals surface area (Å²) >= 11 is 0. The van der Waals surface area contributed by atoms with Crippen LogP contribution in [-0.4, -0.2) is 37.1 Å². The molecule has 2 rings (SSSR count). The second kappa shape index (κ2) is 7.77. The summed E-state index contributed by atoms with van der Waals surface area (Å²) < 4.78 is 5.27. The molecular formula is C18H27N3O3. The molecule has 0 unspecified atom stereocenters. The molecule has 1 aromatic carbocycles. The summed E-state index contributed by atoms with van der Waals surface area (Å²) in [7, 11) is 0. The number of benzene rings is 1. The highest BCUT2D eigenvalue weighted by atomic mass is 16.5. The third-order valence-electron chi connectivity index (χ3n) is 4.24. The van der Waals surface area contributed by atoms with Crippen molar-refractivity contribution in [2.24, 2.45) is 11.7 Å². The summed E-state index contributed by atoms with van der Waals surface area (Å²) in [6, 6.07) is 5.24. The number of carbonyl (C=O) groups excluding carboxylic acids is 2. The van der Waals surface area contributed by atoms with E-state index in [-0.39, 0.29) is 11.8 Å². The molecule has 1 aromatic rings. The van der Waals surface area contributed by atoms with Gasteiger partial charge in [-0.1, -0.05) is 13.8 Å². The van der Waals surface area contributed by atoms with Gasteiger partial charge in [-0.15, -0.1) is 0 Å². The lowest BCUT2D eigenvalue weighted by Gasteiger charge is -2.32. The van der Waals surface area contributed by atoms with Gasteiger partial charge in [-0.25, -0.2) is 0 Å². The van der Waals surface area contributed by atoms with Crippen LogP contribution in [0, 0.1) is 12.8 Å². The Balaban J connectivity index is 2.04. The number of carbonyl (C=O) groups is 2. The zero-order chi connectivity index (χ0) is 17.7. The fraction of sp³-hybridized carbons (Fsp3) is 0.556. The van der Waals surface area contributed by atoms with E-state index in [1.165, 1.54) is 0 Å². The van der Waals surface area contributed by atoms with E-state index in [4.69, 9.17) is 10.5 Å². The van der Waals surface area contributed by atoms with Gasteiger partial charge in [0.05, 0.1) is 0 Å². The molecule has 0 saturated carbocycles. The summed E-state index contributed by atoms with van der Waals surface area (Å²) in [6.07, 6.45) is 1.02. The van der Waals surface area contributed by atoms with Crippen LogP contribution in [0.1, 0.15) is 42.6 Å². The topological polar surface area (TPSA) is 93.5 Å². The van der Waals surface area contributed by atoms with Crippen LogP contribution in [0.5, 0.6) is 0 Å². The normalized spacial score (nSPS) is 16.7. The fourth-order valence-corrected chi connectivity index (χ4v) is 2.55. The Morgan fingerprint density at radius 1 is 1.29 bits per heavy atom. The van der Waals surface area contributed by atoms with Crippen LogP contribution < -0.4 is 16.4 Å². The van der Waals surface area contributed by atoms with Gasteiger partial charge < -0.3 is 21.1 Å². The lowest BCUT2D eigenvalue weighted by atomic mass is 9.90. The Morgan fingerprint density at radius 3 is 2.54 bits per heavy atom. The molecule has 1 aliphatic heterocycles. The monoisotopic (exact) mass is 333 g/mol. The first kappa shape index (κ1) is 18.4.